The van der Waals surface area contributed by atoms with E-state index in [9.17, 15) is 4.79 Å². The van der Waals surface area contributed by atoms with Gasteiger partial charge >= 0.3 is 5.97 Å². The molecule has 0 N–H and O–H groups in total. The molecular formula is C16H24O2. The second-order valence-corrected chi connectivity index (χ2v) is 6.12. The van der Waals surface area contributed by atoms with E-state index in [0.717, 1.165) is 5.56 Å². The van der Waals surface area contributed by atoms with E-state index in [1.165, 1.54) is 11.1 Å². The van der Waals surface area contributed by atoms with E-state index in [-0.39, 0.29) is 5.97 Å². The van der Waals surface area contributed by atoms with Gasteiger partial charge in [-0.3, -0.25) is 4.79 Å². The van der Waals surface area contributed by atoms with Crippen LogP contribution < -0.4 is 0 Å². The number of benzene rings is 1. The Morgan fingerprint density at radius 3 is 2.39 bits per heavy atom. The highest BCUT2D eigenvalue weighted by atomic mass is 16.6. The van der Waals surface area contributed by atoms with Crippen LogP contribution in [0.4, 0.5) is 0 Å². The third-order valence-corrected chi connectivity index (χ3v) is 2.68. The first-order chi connectivity index (χ1) is 8.19. The summed E-state index contributed by atoms with van der Waals surface area (Å²) in [5.41, 5.74) is 3.12. The summed E-state index contributed by atoms with van der Waals surface area (Å²) in [6.45, 7) is 12.0. The van der Waals surface area contributed by atoms with Gasteiger partial charge < -0.3 is 4.74 Å². The lowest BCUT2D eigenvalue weighted by Gasteiger charge is -2.20. The van der Waals surface area contributed by atoms with Crippen molar-refractivity contribution in [1.29, 1.82) is 0 Å². The first-order valence-electron chi connectivity index (χ1n) is 6.50. The first kappa shape index (κ1) is 14.7. The van der Waals surface area contributed by atoms with Crippen LogP contribution in [0.5, 0.6) is 0 Å². The molecule has 0 radical (unpaired) electrons. The second kappa shape index (κ2) is 5.55. The van der Waals surface area contributed by atoms with Gasteiger partial charge in [0.2, 0.25) is 0 Å². The number of carbonyl (C=O) groups is 1. The fourth-order valence-electron chi connectivity index (χ4n) is 1.95. The van der Waals surface area contributed by atoms with Crippen molar-refractivity contribution < 1.29 is 9.53 Å². The van der Waals surface area contributed by atoms with Gasteiger partial charge in [0.15, 0.2) is 0 Å². The normalized spacial score (nSPS) is 11.7. The molecule has 1 aromatic carbocycles. The van der Waals surface area contributed by atoms with Crippen molar-refractivity contribution in [2.75, 3.05) is 0 Å². The SMILES string of the molecule is Cc1ccc(CC(=O)OC(C)(C)C)c(C(C)C)c1. The quantitative estimate of drug-likeness (QED) is 0.756. The Morgan fingerprint density at radius 1 is 1.28 bits per heavy atom. The standard InChI is InChI=1S/C16H24O2/c1-11(2)14-9-12(3)7-8-13(14)10-15(17)18-16(4,5)6/h7-9,11H,10H2,1-6H3. The monoisotopic (exact) mass is 248 g/mol. The maximum Gasteiger partial charge on any atom is 0.310 e. The number of rotatable bonds is 3. The molecule has 0 spiro atoms. The number of esters is 1. The smallest absolute Gasteiger partial charge is 0.310 e. The van der Waals surface area contributed by atoms with Crippen LogP contribution in [0, 0.1) is 6.92 Å². The molecule has 2 nitrogen and oxygen atoms in total. The highest BCUT2D eigenvalue weighted by Gasteiger charge is 2.18. The zero-order valence-corrected chi connectivity index (χ0v) is 12.3. The Kier molecular flexibility index (Phi) is 4.55. The number of hydrogen-bond donors (Lipinski definition) is 0. The molecule has 18 heavy (non-hydrogen) atoms. The largest absolute Gasteiger partial charge is 0.460 e. The van der Waals surface area contributed by atoms with Crippen molar-refractivity contribution in [3.05, 3.63) is 34.9 Å². The van der Waals surface area contributed by atoms with Gasteiger partial charge in [-0.15, -0.1) is 0 Å². The fourth-order valence-corrected chi connectivity index (χ4v) is 1.95. The molecule has 2 heteroatoms. The van der Waals surface area contributed by atoms with E-state index < -0.39 is 5.60 Å². The summed E-state index contributed by atoms with van der Waals surface area (Å²) >= 11 is 0. The van der Waals surface area contributed by atoms with Crippen molar-refractivity contribution in [3.63, 3.8) is 0 Å². The minimum Gasteiger partial charge on any atom is -0.460 e. The molecule has 0 unspecified atom stereocenters. The summed E-state index contributed by atoms with van der Waals surface area (Å²) in [5, 5.41) is 0. The molecule has 0 atom stereocenters. The number of aryl methyl sites for hydroxylation is 1. The minimum absolute atomic E-state index is 0.159. The third-order valence-electron chi connectivity index (χ3n) is 2.68. The Morgan fingerprint density at radius 2 is 1.89 bits per heavy atom. The number of hydrogen-bond acceptors (Lipinski definition) is 2. The maximum atomic E-state index is 11.9. The maximum absolute atomic E-state index is 11.9. The molecule has 100 valence electrons. The second-order valence-electron chi connectivity index (χ2n) is 6.12. The lowest BCUT2D eigenvalue weighted by Crippen LogP contribution is -2.25. The molecule has 0 aliphatic heterocycles. The van der Waals surface area contributed by atoms with E-state index >= 15 is 0 Å². The average molecular weight is 248 g/mol. The van der Waals surface area contributed by atoms with Gasteiger partial charge in [-0.2, -0.15) is 0 Å². The fraction of sp³-hybridized carbons (Fsp3) is 0.562. The van der Waals surface area contributed by atoms with E-state index in [0.29, 0.717) is 12.3 Å². The van der Waals surface area contributed by atoms with Crippen LogP contribution in [-0.4, -0.2) is 11.6 Å². The highest BCUT2D eigenvalue weighted by molar-refractivity contribution is 5.73. The molecule has 0 saturated carbocycles. The van der Waals surface area contributed by atoms with Crippen molar-refractivity contribution in [3.8, 4) is 0 Å². The zero-order chi connectivity index (χ0) is 13.9. The van der Waals surface area contributed by atoms with Crippen molar-refractivity contribution in [2.45, 2.75) is 59.5 Å². The van der Waals surface area contributed by atoms with Crippen LogP contribution in [0.25, 0.3) is 0 Å². The first-order valence-corrected chi connectivity index (χ1v) is 6.50. The summed E-state index contributed by atoms with van der Waals surface area (Å²) in [7, 11) is 0. The van der Waals surface area contributed by atoms with Crippen LogP contribution in [0.15, 0.2) is 18.2 Å². The molecule has 1 rings (SSSR count). The molecule has 1 aromatic rings. The summed E-state index contributed by atoms with van der Waals surface area (Å²) in [5.74, 6) is 0.260. The summed E-state index contributed by atoms with van der Waals surface area (Å²) < 4.78 is 5.37. The number of ether oxygens (including phenoxy) is 1. The predicted octanol–water partition coefficient (Wildman–Crippen LogP) is 4.00. The number of carbonyl (C=O) groups excluding carboxylic acids is 1. The molecule has 0 aliphatic carbocycles. The van der Waals surface area contributed by atoms with Crippen LogP contribution in [0.2, 0.25) is 0 Å². The summed E-state index contributed by atoms with van der Waals surface area (Å²) in [4.78, 5) is 11.9. The van der Waals surface area contributed by atoms with Crippen molar-refractivity contribution >= 4 is 5.97 Å². The van der Waals surface area contributed by atoms with Crippen LogP contribution in [0.3, 0.4) is 0 Å². The lowest BCUT2D eigenvalue weighted by molar-refractivity contribution is -0.153. The predicted molar refractivity (Wildman–Crippen MR) is 74.8 cm³/mol. The van der Waals surface area contributed by atoms with Crippen molar-refractivity contribution in [2.24, 2.45) is 0 Å². The molecule has 0 amide bonds. The van der Waals surface area contributed by atoms with Gasteiger partial charge in [0, 0.05) is 0 Å². The van der Waals surface area contributed by atoms with E-state index in [1.807, 2.05) is 32.9 Å². The Hall–Kier alpha value is -1.31. The molecule has 0 fully saturated rings. The molecule has 0 bridgehead atoms. The highest BCUT2D eigenvalue weighted by Crippen LogP contribution is 2.22. The van der Waals surface area contributed by atoms with Gasteiger partial charge in [-0.05, 0) is 44.7 Å². The lowest BCUT2D eigenvalue weighted by atomic mass is 9.93. The Balaban J connectivity index is 2.88. The van der Waals surface area contributed by atoms with E-state index in [4.69, 9.17) is 4.74 Å². The van der Waals surface area contributed by atoms with Crippen LogP contribution in [-0.2, 0) is 16.0 Å². The van der Waals surface area contributed by atoms with Crippen LogP contribution >= 0.6 is 0 Å². The van der Waals surface area contributed by atoms with Crippen molar-refractivity contribution in [1.82, 2.24) is 0 Å². The van der Waals surface area contributed by atoms with Gasteiger partial charge in [-0.25, -0.2) is 0 Å². The van der Waals surface area contributed by atoms with Gasteiger partial charge in [0.1, 0.15) is 5.60 Å². The van der Waals surface area contributed by atoms with E-state index in [1.54, 1.807) is 0 Å². The molecule has 0 aromatic heterocycles. The summed E-state index contributed by atoms with van der Waals surface area (Å²) in [6, 6.07) is 6.24. The van der Waals surface area contributed by atoms with Gasteiger partial charge in [-0.1, -0.05) is 37.6 Å². The van der Waals surface area contributed by atoms with Crippen LogP contribution in [0.1, 0.15) is 57.2 Å². The van der Waals surface area contributed by atoms with Gasteiger partial charge in [0.05, 0.1) is 6.42 Å². The average Bonchev–Trinajstić information content (AvgIpc) is 2.17. The minimum atomic E-state index is -0.417. The zero-order valence-electron chi connectivity index (χ0n) is 12.3. The van der Waals surface area contributed by atoms with Gasteiger partial charge in [0.25, 0.3) is 0 Å². The molecule has 0 heterocycles. The van der Waals surface area contributed by atoms with E-state index in [2.05, 4.69) is 26.8 Å². The Labute approximate surface area is 110 Å². The topological polar surface area (TPSA) is 26.3 Å². The third kappa shape index (κ3) is 4.52. The molecule has 0 aliphatic rings. The molecular weight excluding hydrogens is 224 g/mol. The Bertz CT molecular complexity index is 425. The molecule has 0 saturated heterocycles. The summed E-state index contributed by atoms with van der Waals surface area (Å²) in [6.07, 6.45) is 0.352.